The quantitative estimate of drug-likeness (QED) is 0.0267. The van der Waals surface area contributed by atoms with E-state index in [-0.39, 0.29) is 19.2 Å². The van der Waals surface area contributed by atoms with E-state index in [1.807, 2.05) is 0 Å². The molecule has 6 unspecified atom stereocenters. The van der Waals surface area contributed by atoms with Crippen molar-refractivity contribution in [3.63, 3.8) is 0 Å². The maximum absolute atomic E-state index is 12.9. The molecular weight excluding hydrogens is 901 g/mol. The molecule has 9 nitrogen and oxygen atoms in total. The van der Waals surface area contributed by atoms with Crippen molar-refractivity contribution in [1.82, 2.24) is 0 Å². The topological polar surface area (TPSA) is 135 Å². The minimum absolute atomic E-state index is 0.120. The average molecular weight is 1010 g/mol. The van der Waals surface area contributed by atoms with E-state index in [4.69, 9.17) is 18.9 Å². The minimum atomic E-state index is -1.54. The largest absolute Gasteiger partial charge is 0.457 e. The lowest BCUT2D eigenvalue weighted by Crippen LogP contribution is -2.59. The molecule has 0 aromatic rings. The first-order valence-electron chi connectivity index (χ1n) is 29.7. The molecule has 0 saturated carbocycles. The summed E-state index contributed by atoms with van der Waals surface area (Å²) in [4.78, 5) is 12.9. The highest BCUT2D eigenvalue weighted by molar-refractivity contribution is 5.69. The number of carbonyl (C=O) groups is 1. The average Bonchev–Trinajstić information content (AvgIpc) is 3.38. The third kappa shape index (κ3) is 42.7. The number of aliphatic hydroxyl groups excluding tert-OH is 4. The molecule has 1 aliphatic heterocycles. The molecule has 416 valence electrons. The maximum Gasteiger partial charge on any atom is 0.306 e. The molecular formula is C63H110O9. The van der Waals surface area contributed by atoms with E-state index in [1.54, 1.807) is 0 Å². The lowest BCUT2D eigenvalue weighted by atomic mass is 9.99. The van der Waals surface area contributed by atoms with Crippen LogP contribution in [0.2, 0.25) is 0 Å². The van der Waals surface area contributed by atoms with Crippen molar-refractivity contribution in [3.8, 4) is 0 Å². The smallest absolute Gasteiger partial charge is 0.306 e. The van der Waals surface area contributed by atoms with Gasteiger partial charge in [-0.25, -0.2) is 0 Å². The summed E-state index contributed by atoms with van der Waals surface area (Å²) < 4.78 is 23.0. The zero-order chi connectivity index (χ0) is 52.1. The zero-order valence-electron chi connectivity index (χ0n) is 46.2. The number of rotatable bonds is 51. The Morgan fingerprint density at radius 1 is 0.458 bits per heavy atom. The SMILES string of the molecule is CC/C=C\C/C=C\C/C=C\C/C=C\CCCCCCCCCCCCCCC(=O)OC(COCCCCCCCCCCC/C=C\C/C=C\C/C=C\CCCCCCC)COC1OC(CO)C(O)C(O)C1O. The Balaban J connectivity index is 2.16. The van der Waals surface area contributed by atoms with Crippen molar-refractivity contribution in [1.29, 1.82) is 0 Å². The van der Waals surface area contributed by atoms with Crippen molar-refractivity contribution in [2.75, 3.05) is 26.4 Å². The Hall–Kier alpha value is -2.63. The molecule has 0 aromatic carbocycles. The van der Waals surface area contributed by atoms with Crippen LogP contribution in [0.4, 0.5) is 0 Å². The van der Waals surface area contributed by atoms with Crippen LogP contribution in [0.25, 0.3) is 0 Å². The van der Waals surface area contributed by atoms with Gasteiger partial charge in [-0.15, -0.1) is 0 Å². The molecule has 0 aliphatic carbocycles. The Labute approximate surface area is 441 Å². The first-order valence-corrected chi connectivity index (χ1v) is 29.7. The summed E-state index contributed by atoms with van der Waals surface area (Å²) in [5.74, 6) is -0.318. The van der Waals surface area contributed by atoms with E-state index in [9.17, 15) is 25.2 Å². The van der Waals surface area contributed by atoms with Crippen LogP contribution in [-0.4, -0.2) is 89.6 Å². The van der Waals surface area contributed by atoms with Gasteiger partial charge < -0.3 is 39.4 Å². The number of aliphatic hydroxyl groups is 4. The van der Waals surface area contributed by atoms with E-state index in [0.29, 0.717) is 13.0 Å². The second-order valence-corrected chi connectivity index (χ2v) is 20.1. The molecule has 1 saturated heterocycles. The molecule has 4 N–H and O–H groups in total. The Morgan fingerprint density at radius 3 is 1.28 bits per heavy atom. The van der Waals surface area contributed by atoms with Crippen molar-refractivity contribution in [2.45, 2.75) is 282 Å². The van der Waals surface area contributed by atoms with Gasteiger partial charge in [0.05, 0.1) is 19.8 Å². The summed E-state index contributed by atoms with van der Waals surface area (Å²) in [7, 11) is 0. The fraction of sp³-hybridized carbons (Fsp3) is 0.762. The summed E-state index contributed by atoms with van der Waals surface area (Å²) in [6.07, 6.45) is 66.3. The summed E-state index contributed by atoms with van der Waals surface area (Å²) in [6.45, 7) is 4.44. The monoisotopic (exact) mass is 1010 g/mol. The van der Waals surface area contributed by atoms with Crippen LogP contribution in [0.15, 0.2) is 85.1 Å². The lowest BCUT2D eigenvalue weighted by molar-refractivity contribution is -0.305. The van der Waals surface area contributed by atoms with Gasteiger partial charge in [0, 0.05) is 13.0 Å². The number of ether oxygens (including phenoxy) is 4. The molecule has 0 radical (unpaired) electrons. The van der Waals surface area contributed by atoms with E-state index < -0.39 is 43.4 Å². The Kier molecular flexibility index (Phi) is 49.8. The number of esters is 1. The van der Waals surface area contributed by atoms with Crippen LogP contribution in [0.5, 0.6) is 0 Å². The zero-order valence-corrected chi connectivity index (χ0v) is 46.2. The summed E-state index contributed by atoms with van der Waals surface area (Å²) >= 11 is 0. The fourth-order valence-corrected chi connectivity index (χ4v) is 8.73. The summed E-state index contributed by atoms with van der Waals surface area (Å²) in [6, 6.07) is 0. The second kappa shape index (κ2) is 53.2. The molecule has 0 aromatic heterocycles. The predicted molar refractivity (Wildman–Crippen MR) is 302 cm³/mol. The van der Waals surface area contributed by atoms with Gasteiger partial charge >= 0.3 is 5.97 Å². The van der Waals surface area contributed by atoms with Crippen LogP contribution >= 0.6 is 0 Å². The Morgan fingerprint density at radius 2 is 0.847 bits per heavy atom. The van der Waals surface area contributed by atoms with Crippen molar-refractivity contribution in [2.24, 2.45) is 0 Å². The first kappa shape index (κ1) is 67.4. The van der Waals surface area contributed by atoms with Gasteiger partial charge in [0.15, 0.2) is 6.29 Å². The summed E-state index contributed by atoms with van der Waals surface area (Å²) in [5.41, 5.74) is 0. The number of hydrogen-bond donors (Lipinski definition) is 4. The third-order valence-corrected chi connectivity index (χ3v) is 13.3. The van der Waals surface area contributed by atoms with Gasteiger partial charge in [0.2, 0.25) is 0 Å². The van der Waals surface area contributed by atoms with Crippen LogP contribution in [0, 0.1) is 0 Å². The fourth-order valence-electron chi connectivity index (χ4n) is 8.73. The molecule has 0 spiro atoms. The highest BCUT2D eigenvalue weighted by atomic mass is 16.7. The summed E-state index contributed by atoms with van der Waals surface area (Å²) in [5, 5.41) is 40.4. The standard InChI is InChI=1S/C63H110O9/c1-3-5-7-9-11-13-15-17-19-21-23-25-27-29-30-32-34-36-38-40-42-44-46-48-50-52-59(65)71-57(56-70-63-62(68)61(67)60(66)58(54-64)72-63)55-69-53-51-49-47-45-43-41-39-37-35-33-31-28-26-24-22-20-18-16-14-12-10-8-6-4-2/h5,7,11,13,16-19,22-25,28,31,57-58,60-64,66-68H,3-4,6,8-10,12,14-15,20-21,26-27,29-30,32-56H2,1-2H3/b7-5-,13-11-,18-16-,19-17-,24-22-,25-23-,31-28-. The van der Waals surface area contributed by atoms with E-state index in [2.05, 4.69) is 98.9 Å². The van der Waals surface area contributed by atoms with Gasteiger partial charge in [0.1, 0.15) is 30.5 Å². The Bertz CT molecular complexity index is 1380. The predicted octanol–water partition coefficient (Wildman–Crippen LogP) is 15.7. The van der Waals surface area contributed by atoms with Crippen LogP contribution in [0.1, 0.15) is 245 Å². The van der Waals surface area contributed by atoms with Crippen LogP contribution < -0.4 is 0 Å². The van der Waals surface area contributed by atoms with E-state index in [0.717, 1.165) is 70.6 Å². The molecule has 1 fully saturated rings. The number of carbonyl (C=O) groups excluding carboxylic acids is 1. The second-order valence-electron chi connectivity index (χ2n) is 20.1. The van der Waals surface area contributed by atoms with E-state index >= 15 is 0 Å². The molecule has 72 heavy (non-hydrogen) atoms. The molecule has 0 bridgehead atoms. The van der Waals surface area contributed by atoms with Crippen LogP contribution in [-0.2, 0) is 23.7 Å². The number of allylic oxidation sites excluding steroid dienone is 14. The molecule has 6 atom stereocenters. The first-order chi connectivity index (χ1) is 35.4. The number of hydrogen-bond acceptors (Lipinski definition) is 9. The van der Waals surface area contributed by atoms with Crippen LogP contribution in [0.3, 0.4) is 0 Å². The maximum atomic E-state index is 12.9. The van der Waals surface area contributed by atoms with Gasteiger partial charge in [0.25, 0.3) is 0 Å². The van der Waals surface area contributed by atoms with Gasteiger partial charge in [-0.2, -0.15) is 0 Å². The van der Waals surface area contributed by atoms with Crippen molar-refractivity contribution in [3.05, 3.63) is 85.1 Å². The van der Waals surface area contributed by atoms with Crippen molar-refractivity contribution >= 4 is 5.97 Å². The van der Waals surface area contributed by atoms with Gasteiger partial charge in [-0.3, -0.25) is 4.79 Å². The normalized spacial score (nSPS) is 19.3. The lowest BCUT2D eigenvalue weighted by Gasteiger charge is -2.39. The highest BCUT2D eigenvalue weighted by Crippen LogP contribution is 2.23. The third-order valence-electron chi connectivity index (χ3n) is 13.3. The molecule has 9 heteroatoms. The molecule has 1 aliphatic rings. The highest BCUT2D eigenvalue weighted by Gasteiger charge is 2.44. The number of unbranched alkanes of at least 4 members (excludes halogenated alkanes) is 26. The molecule has 1 heterocycles. The van der Waals surface area contributed by atoms with Gasteiger partial charge in [-0.1, -0.05) is 234 Å². The molecule has 0 amide bonds. The van der Waals surface area contributed by atoms with Crippen molar-refractivity contribution < 1.29 is 44.2 Å². The van der Waals surface area contributed by atoms with E-state index in [1.165, 1.54) is 154 Å². The molecule has 1 rings (SSSR count). The van der Waals surface area contributed by atoms with Gasteiger partial charge in [-0.05, 0) is 89.9 Å². The minimum Gasteiger partial charge on any atom is -0.457 e.